The predicted octanol–water partition coefficient (Wildman–Crippen LogP) is 2.73. The van der Waals surface area contributed by atoms with Crippen LogP contribution in [0.1, 0.15) is 51.9 Å². The van der Waals surface area contributed by atoms with Crippen molar-refractivity contribution >= 4 is 11.6 Å². The molecule has 3 nitrogen and oxygen atoms in total. The molecule has 0 radical (unpaired) electrons. The fourth-order valence-electron chi connectivity index (χ4n) is 5.37. The van der Waals surface area contributed by atoms with E-state index < -0.39 is 6.10 Å². The van der Waals surface area contributed by atoms with Gasteiger partial charge in [-0.1, -0.05) is 12.5 Å². The van der Waals surface area contributed by atoms with E-state index in [0.29, 0.717) is 18.8 Å². The van der Waals surface area contributed by atoms with E-state index in [1.807, 2.05) is 6.08 Å². The van der Waals surface area contributed by atoms with Gasteiger partial charge >= 0.3 is 0 Å². The van der Waals surface area contributed by atoms with Crippen LogP contribution in [0.2, 0.25) is 0 Å². The molecule has 0 saturated heterocycles. The number of aliphatic hydroxyl groups excluding tert-OH is 1. The van der Waals surface area contributed by atoms with Gasteiger partial charge in [0.05, 0.1) is 6.10 Å². The third-order valence-corrected chi connectivity index (χ3v) is 6.43. The van der Waals surface area contributed by atoms with Crippen molar-refractivity contribution in [2.45, 2.75) is 58.0 Å². The maximum atomic E-state index is 12.3. The zero-order valence-electron chi connectivity index (χ0n) is 12.5. The second-order valence-electron chi connectivity index (χ2n) is 7.42. The summed E-state index contributed by atoms with van der Waals surface area (Å²) in [6.07, 6.45) is 6.95. The summed E-state index contributed by atoms with van der Waals surface area (Å²) >= 11 is 0. The Morgan fingerprint density at radius 2 is 2.00 bits per heavy atom. The molecule has 0 aromatic rings. The summed E-state index contributed by atoms with van der Waals surface area (Å²) in [6, 6.07) is 0. The van der Waals surface area contributed by atoms with Crippen LogP contribution in [0.3, 0.4) is 0 Å². The van der Waals surface area contributed by atoms with E-state index in [2.05, 4.69) is 6.92 Å². The van der Waals surface area contributed by atoms with Gasteiger partial charge in [0.1, 0.15) is 5.78 Å². The van der Waals surface area contributed by atoms with Gasteiger partial charge in [0.2, 0.25) is 0 Å². The molecule has 4 aliphatic rings. The molecule has 3 heteroatoms. The van der Waals surface area contributed by atoms with E-state index in [1.54, 1.807) is 0 Å². The molecule has 0 amide bonds. The van der Waals surface area contributed by atoms with Crippen molar-refractivity contribution in [1.82, 2.24) is 0 Å². The zero-order chi connectivity index (χ0) is 14.8. The number of hydrogen-bond donors (Lipinski definition) is 1. The Hall–Kier alpha value is -1.22. The summed E-state index contributed by atoms with van der Waals surface area (Å²) in [6.45, 7) is 2.06. The van der Waals surface area contributed by atoms with Gasteiger partial charge in [0.15, 0.2) is 5.78 Å². The number of carbonyl (C=O) groups is 2. The minimum atomic E-state index is -0.473. The number of Topliss-reactive ketones (excluding diaryl/α,β-unsaturated/α-hetero) is 1. The molecule has 2 saturated carbocycles. The normalized spacial score (nSPS) is 42.4. The van der Waals surface area contributed by atoms with Gasteiger partial charge in [-0.3, -0.25) is 9.59 Å². The smallest absolute Gasteiger partial charge is 0.156 e. The molecule has 1 N–H and O–H groups in total. The number of aliphatic hydroxyl groups is 1. The largest absolute Gasteiger partial charge is 0.392 e. The van der Waals surface area contributed by atoms with Crippen LogP contribution in [-0.4, -0.2) is 22.8 Å². The molecule has 4 aliphatic carbocycles. The van der Waals surface area contributed by atoms with Gasteiger partial charge in [0.25, 0.3) is 0 Å². The summed E-state index contributed by atoms with van der Waals surface area (Å²) in [5.74, 6) is 0.958. The van der Waals surface area contributed by atoms with Gasteiger partial charge in [-0.15, -0.1) is 0 Å². The number of ketones is 2. The van der Waals surface area contributed by atoms with Crippen molar-refractivity contribution in [3.8, 4) is 0 Å². The van der Waals surface area contributed by atoms with E-state index in [-0.39, 0.29) is 22.9 Å². The highest BCUT2D eigenvalue weighted by Gasteiger charge is 2.57. The first kappa shape index (κ1) is 13.4. The lowest BCUT2D eigenvalue weighted by atomic mass is 9.57. The van der Waals surface area contributed by atoms with Crippen LogP contribution in [0.4, 0.5) is 0 Å². The van der Waals surface area contributed by atoms with Crippen LogP contribution >= 0.6 is 0 Å². The Labute approximate surface area is 125 Å². The molecule has 0 heterocycles. The summed E-state index contributed by atoms with van der Waals surface area (Å²) in [5, 5.41) is 10.4. The monoisotopic (exact) mass is 286 g/mol. The van der Waals surface area contributed by atoms with Crippen LogP contribution in [0, 0.1) is 17.3 Å². The van der Waals surface area contributed by atoms with Crippen LogP contribution in [-0.2, 0) is 9.59 Å². The van der Waals surface area contributed by atoms with Crippen molar-refractivity contribution in [2.24, 2.45) is 17.3 Å². The second-order valence-corrected chi connectivity index (χ2v) is 7.42. The number of hydrogen-bond acceptors (Lipinski definition) is 3. The highest BCUT2D eigenvalue weighted by atomic mass is 16.3. The van der Waals surface area contributed by atoms with Crippen molar-refractivity contribution in [1.29, 1.82) is 0 Å². The zero-order valence-corrected chi connectivity index (χ0v) is 12.5. The molecule has 112 valence electrons. The first-order valence-corrected chi connectivity index (χ1v) is 8.18. The average molecular weight is 286 g/mol. The van der Waals surface area contributed by atoms with Gasteiger partial charge in [-0.05, 0) is 55.2 Å². The standard InChI is InChI=1S/C18H22O3/c1-18-7-6-13-12-5-3-11(19)8-10(12)2-4-14(13)17(18)15(20)9-16(18)21/h8,14-15,17,20H,2-7,9H2,1H3/t14-,15+,17-,18-/m1/s1. The van der Waals surface area contributed by atoms with Crippen molar-refractivity contribution in [3.05, 3.63) is 22.8 Å². The molecule has 21 heavy (non-hydrogen) atoms. The Morgan fingerprint density at radius 1 is 1.19 bits per heavy atom. The van der Waals surface area contributed by atoms with Crippen molar-refractivity contribution in [3.63, 3.8) is 0 Å². The summed E-state index contributed by atoms with van der Waals surface area (Å²) in [4.78, 5) is 23.9. The predicted molar refractivity (Wildman–Crippen MR) is 78.5 cm³/mol. The lowest BCUT2D eigenvalue weighted by molar-refractivity contribution is -0.128. The molecule has 0 unspecified atom stereocenters. The minimum absolute atomic E-state index is 0.0976. The Morgan fingerprint density at radius 3 is 2.81 bits per heavy atom. The fraction of sp³-hybridized carbons (Fsp3) is 0.667. The van der Waals surface area contributed by atoms with E-state index in [0.717, 1.165) is 32.1 Å². The average Bonchev–Trinajstić information content (AvgIpc) is 2.68. The number of rotatable bonds is 0. The second kappa shape index (κ2) is 4.39. The van der Waals surface area contributed by atoms with E-state index in [4.69, 9.17) is 0 Å². The van der Waals surface area contributed by atoms with Gasteiger partial charge < -0.3 is 5.11 Å². The summed E-state index contributed by atoms with van der Waals surface area (Å²) < 4.78 is 0. The van der Waals surface area contributed by atoms with Gasteiger partial charge in [-0.2, -0.15) is 0 Å². The number of fused-ring (bicyclic) bond motifs is 4. The Bertz CT molecular complexity index is 598. The molecule has 0 spiro atoms. The molecule has 4 atom stereocenters. The topological polar surface area (TPSA) is 54.4 Å². The van der Waals surface area contributed by atoms with Gasteiger partial charge in [-0.25, -0.2) is 0 Å². The highest BCUT2D eigenvalue weighted by molar-refractivity contribution is 5.93. The third kappa shape index (κ3) is 1.76. The minimum Gasteiger partial charge on any atom is -0.392 e. The highest BCUT2D eigenvalue weighted by Crippen LogP contribution is 2.58. The molecule has 0 aromatic carbocycles. The molecule has 0 aliphatic heterocycles. The SMILES string of the molecule is C[C@]12CCC3=C4CCC(=O)C=C4CC[C@H]3[C@@H]1[C@@H](O)CC2=O. The van der Waals surface area contributed by atoms with Crippen molar-refractivity contribution < 1.29 is 14.7 Å². The maximum absolute atomic E-state index is 12.3. The first-order chi connectivity index (χ1) is 10.0. The van der Waals surface area contributed by atoms with E-state index in [1.165, 1.54) is 16.7 Å². The van der Waals surface area contributed by atoms with Crippen LogP contribution < -0.4 is 0 Å². The molecule has 0 bridgehead atoms. The van der Waals surface area contributed by atoms with Crippen LogP contribution in [0.25, 0.3) is 0 Å². The molecule has 2 fully saturated rings. The summed E-state index contributed by atoms with van der Waals surface area (Å²) in [7, 11) is 0. The van der Waals surface area contributed by atoms with E-state index >= 15 is 0 Å². The Kier molecular flexibility index (Phi) is 2.81. The third-order valence-electron chi connectivity index (χ3n) is 6.43. The van der Waals surface area contributed by atoms with Crippen LogP contribution in [0.15, 0.2) is 22.8 Å². The van der Waals surface area contributed by atoms with Crippen LogP contribution in [0.5, 0.6) is 0 Å². The van der Waals surface area contributed by atoms with E-state index in [9.17, 15) is 14.7 Å². The lowest BCUT2D eigenvalue weighted by Crippen LogP contribution is -2.43. The first-order valence-electron chi connectivity index (χ1n) is 8.18. The van der Waals surface area contributed by atoms with Gasteiger partial charge in [0, 0.05) is 24.2 Å². The summed E-state index contributed by atoms with van der Waals surface area (Å²) in [5.41, 5.74) is 3.76. The maximum Gasteiger partial charge on any atom is 0.156 e. The lowest BCUT2D eigenvalue weighted by Gasteiger charge is -2.47. The van der Waals surface area contributed by atoms with Crippen molar-refractivity contribution in [2.75, 3.05) is 0 Å². The number of allylic oxidation sites excluding steroid dienone is 4. The quantitative estimate of drug-likeness (QED) is 0.745. The Balaban J connectivity index is 1.78. The molecular formula is C18H22O3. The molecule has 4 rings (SSSR count). The number of carbonyl (C=O) groups excluding carboxylic acids is 2. The fourth-order valence-corrected chi connectivity index (χ4v) is 5.37. The molecule has 0 aromatic heterocycles. The molecular weight excluding hydrogens is 264 g/mol.